The zero-order chi connectivity index (χ0) is 13.3. The van der Waals surface area contributed by atoms with Gasteiger partial charge in [0.15, 0.2) is 0 Å². The van der Waals surface area contributed by atoms with Crippen LogP contribution in [0.4, 0.5) is 5.69 Å². The quantitative estimate of drug-likeness (QED) is 0.628. The second-order valence-corrected chi connectivity index (χ2v) is 5.20. The number of nitrogens with two attached hydrogens (primary N) is 1. The number of nitrogens with zero attached hydrogens (tertiary/aromatic N) is 1. The highest BCUT2D eigenvalue weighted by Gasteiger charge is 2.29. The number of imide groups is 1. The van der Waals surface area contributed by atoms with Crippen molar-refractivity contribution in [3.05, 3.63) is 28.2 Å². The fourth-order valence-corrected chi connectivity index (χ4v) is 2.13. The van der Waals surface area contributed by atoms with Crippen LogP contribution in [0.1, 0.15) is 12.5 Å². The zero-order valence-corrected chi connectivity index (χ0v) is 11.5. The van der Waals surface area contributed by atoms with Crippen LogP contribution >= 0.6 is 15.9 Å². The van der Waals surface area contributed by atoms with Crippen molar-refractivity contribution in [2.45, 2.75) is 19.5 Å². The molecule has 0 saturated carbocycles. The van der Waals surface area contributed by atoms with Crippen molar-refractivity contribution in [1.29, 1.82) is 0 Å². The second-order valence-electron chi connectivity index (χ2n) is 4.35. The summed E-state index contributed by atoms with van der Waals surface area (Å²) in [6, 6.07) is 5.31. The number of carbonyl (C=O) groups is 2. The van der Waals surface area contributed by atoms with Crippen molar-refractivity contribution in [2.75, 3.05) is 12.3 Å². The van der Waals surface area contributed by atoms with Crippen molar-refractivity contribution in [2.24, 2.45) is 0 Å². The Labute approximate surface area is 113 Å². The van der Waals surface area contributed by atoms with Crippen LogP contribution in [0.15, 0.2) is 22.7 Å². The molecule has 1 saturated heterocycles. The smallest absolute Gasteiger partial charge is 0.243 e. The summed E-state index contributed by atoms with van der Waals surface area (Å²) in [6.45, 7) is 2.53. The van der Waals surface area contributed by atoms with Crippen LogP contribution in [-0.2, 0) is 16.1 Å². The monoisotopic (exact) mass is 311 g/mol. The SMILES string of the molecule is CC1C(=O)NC(=O)CN1Cc1ccc(Br)c(N)c1. The number of carbonyl (C=O) groups excluding carboxylic acids is 2. The van der Waals surface area contributed by atoms with Crippen molar-refractivity contribution >= 4 is 33.4 Å². The fourth-order valence-electron chi connectivity index (χ4n) is 1.89. The van der Waals surface area contributed by atoms with E-state index in [1.54, 1.807) is 6.92 Å². The van der Waals surface area contributed by atoms with Gasteiger partial charge in [-0.1, -0.05) is 6.07 Å². The highest BCUT2D eigenvalue weighted by Crippen LogP contribution is 2.21. The lowest BCUT2D eigenvalue weighted by atomic mass is 10.1. The molecule has 0 radical (unpaired) electrons. The number of amides is 2. The molecule has 1 atom stereocenters. The molecular weight excluding hydrogens is 298 g/mol. The number of halogens is 1. The highest BCUT2D eigenvalue weighted by atomic mass is 79.9. The van der Waals surface area contributed by atoms with Crippen molar-refractivity contribution in [1.82, 2.24) is 10.2 Å². The fraction of sp³-hybridized carbons (Fsp3) is 0.333. The Morgan fingerprint density at radius 1 is 1.50 bits per heavy atom. The van der Waals surface area contributed by atoms with Crippen LogP contribution in [0.5, 0.6) is 0 Å². The van der Waals surface area contributed by atoms with Crippen LogP contribution in [0, 0.1) is 0 Å². The van der Waals surface area contributed by atoms with Gasteiger partial charge >= 0.3 is 0 Å². The molecule has 96 valence electrons. The van der Waals surface area contributed by atoms with Crippen LogP contribution in [-0.4, -0.2) is 29.3 Å². The molecule has 0 spiro atoms. The standard InChI is InChI=1S/C12H14BrN3O2/c1-7-12(18)15-11(17)6-16(7)5-8-2-3-9(13)10(14)4-8/h2-4,7H,5-6,14H2,1H3,(H,15,17,18). The van der Waals surface area contributed by atoms with Crippen molar-refractivity contribution < 1.29 is 9.59 Å². The van der Waals surface area contributed by atoms with E-state index in [1.165, 1.54) is 0 Å². The van der Waals surface area contributed by atoms with Gasteiger partial charge in [-0.25, -0.2) is 0 Å². The Hall–Kier alpha value is -1.40. The first kappa shape index (κ1) is 13.0. The lowest BCUT2D eigenvalue weighted by Gasteiger charge is -2.31. The molecule has 1 aromatic rings. The van der Waals surface area contributed by atoms with E-state index in [9.17, 15) is 9.59 Å². The van der Waals surface area contributed by atoms with Crippen molar-refractivity contribution in [3.63, 3.8) is 0 Å². The van der Waals surface area contributed by atoms with Gasteiger partial charge in [-0.15, -0.1) is 0 Å². The average Bonchev–Trinajstić information content (AvgIpc) is 2.30. The summed E-state index contributed by atoms with van der Waals surface area (Å²) in [5.74, 6) is -0.514. The van der Waals surface area contributed by atoms with Crippen LogP contribution in [0.25, 0.3) is 0 Å². The molecule has 1 heterocycles. The maximum atomic E-state index is 11.5. The number of benzene rings is 1. The van der Waals surface area contributed by atoms with Gasteiger partial charge < -0.3 is 5.73 Å². The van der Waals surface area contributed by atoms with Gasteiger partial charge in [0.1, 0.15) is 0 Å². The van der Waals surface area contributed by atoms with Gasteiger partial charge in [0.25, 0.3) is 0 Å². The number of hydrogen-bond acceptors (Lipinski definition) is 4. The molecule has 2 amide bonds. The first-order valence-corrected chi connectivity index (χ1v) is 6.38. The van der Waals surface area contributed by atoms with Gasteiger partial charge in [0, 0.05) is 16.7 Å². The number of nitrogen functional groups attached to an aromatic ring is 1. The van der Waals surface area contributed by atoms with Gasteiger partial charge in [-0.2, -0.15) is 0 Å². The molecule has 2 rings (SSSR count). The highest BCUT2D eigenvalue weighted by molar-refractivity contribution is 9.10. The molecule has 1 aliphatic heterocycles. The molecule has 6 heteroatoms. The summed E-state index contributed by atoms with van der Waals surface area (Å²) in [6.07, 6.45) is 0. The molecule has 5 nitrogen and oxygen atoms in total. The van der Waals surface area contributed by atoms with E-state index >= 15 is 0 Å². The molecule has 0 aromatic heterocycles. The summed E-state index contributed by atoms with van der Waals surface area (Å²) < 4.78 is 0.840. The normalized spacial score (nSPS) is 20.9. The van der Waals surface area contributed by atoms with Crippen LogP contribution in [0.3, 0.4) is 0 Å². The first-order valence-electron chi connectivity index (χ1n) is 5.59. The van der Waals surface area contributed by atoms with Crippen molar-refractivity contribution in [3.8, 4) is 0 Å². The van der Waals surface area contributed by atoms with E-state index in [-0.39, 0.29) is 24.4 Å². The predicted molar refractivity (Wildman–Crippen MR) is 71.6 cm³/mol. The summed E-state index contributed by atoms with van der Waals surface area (Å²) in [7, 11) is 0. The van der Waals surface area contributed by atoms with E-state index < -0.39 is 0 Å². The van der Waals surface area contributed by atoms with Crippen LogP contribution < -0.4 is 11.1 Å². The molecule has 1 aromatic carbocycles. The summed E-state index contributed by atoms with van der Waals surface area (Å²) in [5.41, 5.74) is 7.43. The van der Waals surface area contributed by atoms with E-state index in [1.807, 2.05) is 23.1 Å². The van der Waals surface area contributed by atoms with Gasteiger partial charge in [0.05, 0.1) is 12.6 Å². The molecule has 18 heavy (non-hydrogen) atoms. The number of nitrogens with one attached hydrogen (secondary N) is 1. The van der Waals surface area contributed by atoms with E-state index in [2.05, 4.69) is 21.2 Å². The van der Waals surface area contributed by atoms with E-state index in [0.29, 0.717) is 12.2 Å². The Morgan fingerprint density at radius 3 is 2.89 bits per heavy atom. The third-order valence-electron chi connectivity index (χ3n) is 2.98. The average molecular weight is 312 g/mol. The minimum atomic E-state index is -0.312. The maximum absolute atomic E-state index is 11.5. The Morgan fingerprint density at radius 2 is 2.22 bits per heavy atom. The van der Waals surface area contributed by atoms with E-state index in [0.717, 1.165) is 10.0 Å². The molecule has 1 aliphatic rings. The molecule has 1 fully saturated rings. The Kier molecular flexibility index (Phi) is 3.68. The minimum Gasteiger partial charge on any atom is -0.398 e. The largest absolute Gasteiger partial charge is 0.398 e. The summed E-state index contributed by atoms with van der Waals surface area (Å²) in [5, 5.41) is 2.31. The first-order chi connectivity index (χ1) is 8.47. The Balaban J connectivity index is 2.14. The molecule has 1 unspecified atom stereocenters. The summed E-state index contributed by atoms with van der Waals surface area (Å²) >= 11 is 3.33. The molecular formula is C12H14BrN3O2. The lowest BCUT2D eigenvalue weighted by molar-refractivity contribution is -0.139. The Bertz CT molecular complexity index is 504. The topological polar surface area (TPSA) is 75.4 Å². The number of hydrogen-bond donors (Lipinski definition) is 2. The molecule has 3 N–H and O–H groups in total. The number of anilines is 1. The van der Waals surface area contributed by atoms with Crippen LogP contribution in [0.2, 0.25) is 0 Å². The minimum absolute atomic E-state index is 0.225. The predicted octanol–water partition coefficient (Wildman–Crippen LogP) is 0.878. The lowest BCUT2D eigenvalue weighted by Crippen LogP contribution is -2.56. The zero-order valence-electron chi connectivity index (χ0n) is 9.94. The van der Waals surface area contributed by atoms with E-state index in [4.69, 9.17) is 5.73 Å². The third kappa shape index (κ3) is 2.70. The van der Waals surface area contributed by atoms with Gasteiger partial charge in [-0.05, 0) is 40.5 Å². The van der Waals surface area contributed by atoms with Gasteiger partial charge in [-0.3, -0.25) is 19.8 Å². The molecule has 0 aliphatic carbocycles. The van der Waals surface area contributed by atoms with Gasteiger partial charge in [0.2, 0.25) is 11.8 Å². The summed E-state index contributed by atoms with van der Waals surface area (Å²) in [4.78, 5) is 24.7. The molecule has 0 bridgehead atoms. The number of piperazine rings is 1. The maximum Gasteiger partial charge on any atom is 0.243 e. The third-order valence-corrected chi connectivity index (χ3v) is 3.70. The number of rotatable bonds is 2. The second kappa shape index (κ2) is 5.07.